The molecule has 1 rings (SSSR count). The number of hydrogen-bond acceptors (Lipinski definition) is 4. The van der Waals surface area contributed by atoms with Crippen molar-refractivity contribution in [1.82, 2.24) is 9.78 Å². The summed E-state index contributed by atoms with van der Waals surface area (Å²) < 4.78 is 7.52. The van der Waals surface area contributed by atoms with Crippen LogP contribution in [0.1, 0.15) is 13.8 Å². The molecule has 5 nitrogen and oxygen atoms in total. The van der Waals surface area contributed by atoms with E-state index in [9.17, 15) is 4.79 Å². The maximum atomic E-state index is 11.5. The zero-order valence-corrected chi connectivity index (χ0v) is 10.9. The van der Waals surface area contributed by atoms with Crippen LogP contribution in [0.15, 0.2) is 12.4 Å². The van der Waals surface area contributed by atoms with Crippen molar-refractivity contribution in [2.75, 3.05) is 6.61 Å². The zero-order chi connectivity index (χ0) is 11.5. The molecule has 0 aliphatic rings. The van der Waals surface area contributed by atoms with Gasteiger partial charge in [-0.3, -0.25) is 4.68 Å². The van der Waals surface area contributed by atoms with Crippen molar-refractivity contribution < 1.29 is 9.53 Å². The average molecular weight is 323 g/mol. The van der Waals surface area contributed by atoms with E-state index in [1.165, 1.54) is 0 Å². The van der Waals surface area contributed by atoms with Gasteiger partial charge in [0.2, 0.25) is 0 Å². The van der Waals surface area contributed by atoms with Gasteiger partial charge in [-0.15, -0.1) is 0 Å². The van der Waals surface area contributed by atoms with E-state index < -0.39 is 11.5 Å². The first-order valence-electron chi connectivity index (χ1n) is 4.60. The Hall–Kier alpha value is -0.630. The lowest BCUT2D eigenvalue weighted by Gasteiger charge is -2.21. The molecule has 1 atom stereocenters. The van der Waals surface area contributed by atoms with Crippen LogP contribution in [0.2, 0.25) is 0 Å². The van der Waals surface area contributed by atoms with E-state index in [0.29, 0.717) is 13.2 Å². The van der Waals surface area contributed by atoms with E-state index in [-0.39, 0.29) is 0 Å². The molecule has 1 aromatic rings. The van der Waals surface area contributed by atoms with Gasteiger partial charge in [-0.2, -0.15) is 5.10 Å². The second-order valence-electron chi connectivity index (χ2n) is 3.49. The molecule has 15 heavy (non-hydrogen) atoms. The Kier molecular flexibility index (Phi) is 4.09. The van der Waals surface area contributed by atoms with Gasteiger partial charge < -0.3 is 10.5 Å². The highest BCUT2D eigenvalue weighted by Crippen LogP contribution is 2.08. The lowest BCUT2D eigenvalue weighted by Crippen LogP contribution is -2.49. The Morgan fingerprint density at radius 2 is 2.47 bits per heavy atom. The standard InChI is InChI=1S/C9H14IN3O2/c1-3-15-8(14)9(2,11)6-13-5-7(10)4-12-13/h4-5H,3,6,11H2,1-2H3. The third-order valence-electron chi connectivity index (χ3n) is 1.83. The van der Waals surface area contributed by atoms with E-state index in [2.05, 4.69) is 27.7 Å². The molecular formula is C9H14IN3O2. The van der Waals surface area contributed by atoms with Crippen LogP contribution in [0.25, 0.3) is 0 Å². The molecule has 0 fully saturated rings. The van der Waals surface area contributed by atoms with E-state index in [4.69, 9.17) is 10.5 Å². The summed E-state index contributed by atoms with van der Waals surface area (Å²) >= 11 is 2.15. The van der Waals surface area contributed by atoms with Crippen LogP contribution in [0.5, 0.6) is 0 Å². The quantitative estimate of drug-likeness (QED) is 0.656. The number of ether oxygens (including phenoxy) is 1. The summed E-state index contributed by atoms with van der Waals surface area (Å²) in [6, 6.07) is 0. The molecule has 0 saturated heterocycles. The van der Waals surface area contributed by atoms with Crippen molar-refractivity contribution in [2.24, 2.45) is 5.73 Å². The van der Waals surface area contributed by atoms with Gasteiger partial charge in [0.25, 0.3) is 0 Å². The predicted molar refractivity (Wildman–Crippen MR) is 64.2 cm³/mol. The molecule has 2 N–H and O–H groups in total. The van der Waals surface area contributed by atoms with Gasteiger partial charge in [-0.05, 0) is 36.4 Å². The molecule has 0 aromatic carbocycles. The third kappa shape index (κ3) is 3.45. The number of hydrogen-bond donors (Lipinski definition) is 1. The van der Waals surface area contributed by atoms with Crippen molar-refractivity contribution in [1.29, 1.82) is 0 Å². The fourth-order valence-corrected chi connectivity index (χ4v) is 1.57. The lowest BCUT2D eigenvalue weighted by atomic mass is 10.1. The maximum Gasteiger partial charge on any atom is 0.327 e. The van der Waals surface area contributed by atoms with Crippen molar-refractivity contribution in [3.63, 3.8) is 0 Å². The fourth-order valence-electron chi connectivity index (χ4n) is 1.12. The summed E-state index contributed by atoms with van der Waals surface area (Å²) in [5.41, 5.74) is 4.81. The Morgan fingerprint density at radius 1 is 1.80 bits per heavy atom. The van der Waals surface area contributed by atoms with Crippen LogP contribution >= 0.6 is 22.6 Å². The molecule has 84 valence electrons. The summed E-state index contributed by atoms with van der Waals surface area (Å²) in [7, 11) is 0. The molecule has 1 heterocycles. The monoisotopic (exact) mass is 323 g/mol. The number of carbonyl (C=O) groups excluding carboxylic acids is 1. The summed E-state index contributed by atoms with van der Waals surface area (Å²) in [5, 5.41) is 4.06. The van der Waals surface area contributed by atoms with Gasteiger partial charge in [-0.1, -0.05) is 0 Å². The van der Waals surface area contributed by atoms with Gasteiger partial charge in [0, 0.05) is 6.20 Å². The van der Waals surface area contributed by atoms with Crippen molar-refractivity contribution in [3.05, 3.63) is 16.0 Å². The normalized spacial score (nSPS) is 14.7. The predicted octanol–water partition coefficient (Wildman–Crippen LogP) is 0.768. The molecule has 0 saturated carbocycles. The van der Waals surface area contributed by atoms with Crippen LogP contribution in [-0.4, -0.2) is 27.9 Å². The van der Waals surface area contributed by atoms with Crippen LogP contribution < -0.4 is 5.73 Å². The number of aromatic nitrogens is 2. The molecular weight excluding hydrogens is 309 g/mol. The first-order chi connectivity index (χ1) is 6.95. The second kappa shape index (κ2) is 4.93. The molecule has 0 spiro atoms. The fraction of sp³-hybridized carbons (Fsp3) is 0.556. The molecule has 0 aliphatic heterocycles. The topological polar surface area (TPSA) is 70.1 Å². The number of rotatable bonds is 4. The van der Waals surface area contributed by atoms with Crippen LogP contribution in [-0.2, 0) is 16.1 Å². The average Bonchev–Trinajstić information content (AvgIpc) is 2.50. The Bertz CT molecular complexity index is 349. The number of halogens is 1. The highest BCUT2D eigenvalue weighted by molar-refractivity contribution is 14.1. The molecule has 1 aromatic heterocycles. The van der Waals surface area contributed by atoms with Crippen LogP contribution in [0.3, 0.4) is 0 Å². The first-order valence-corrected chi connectivity index (χ1v) is 5.67. The molecule has 0 aliphatic carbocycles. The van der Waals surface area contributed by atoms with Gasteiger partial charge in [0.1, 0.15) is 5.54 Å². The summed E-state index contributed by atoms with van der Waals surface area (Å²) in [6.07, 6.45) is 3.53. The number of nitrogens with two attached hydrogens (primary N) is 1. The molecule has 0 radical (unpaired) electrons. The first kappa shape index (κ1) is 12.4. The van der Waals surface area contributed by atoms with Gasteiger partial charge in [-0.25, -0.2) is 4.79 Å². The van der Waals surface area contributed by atoms with Crippen molar-refractivity contribution in [2.45, 2.75) is 25.9 Å². The Labute approximate surface area is 102 Å². The molecule has 0 amide bonds. The van der Waals surface area contributed by atoms with E-state index in [1.54, 1.807) is 24.7 Å². The van der Waals surface area contributed by atoms with Gasteiger partial charge in [0.15, 0.2) is 0 Å². The van der Waals surface area contributed by atoms with E-state index >= 15 is 0 Å². The number of esters is 1. The smallest absolute Gasteiger partial charge is 0.327 e. The van der Waals surface area contributed by atoms with Gasteiger partial charge in [0.05, 0.1) is 22.9 Å². The summed E-state index contributed by atoms with van der Waals surface area (Å²) in [4.78, 5) is 11.5. The second-order valence-corrected chi connectivity index (χ2v) is 4.74. The minimum absolute atomic E-state index is 0.314. The highest BCUT2D eigenvalue weighted by atomic mass is 127. The van der Waals surface area contributed by atoms with Crippen LogP contribution in [0, 0.1) is 3.57 Å². The minimum atomic E-state index is -1.04. The molecule has 1 unspecified atom stereocenters. The summed E-state index contributed by atoms with van der Waals surface area (Å²) in [6.45, 7) is 4.04. The Balaban J connectivity index is 2.67. The largest absolute Gasteiger partial charge is 0.465 e. The lowest BCUT2D eigenvalue weighted by molar-refractivity contribution is -0.149. The van der Waals surface area contributed by atoms with Crippen molar-refractivity contribution in [3.8, 4) is 0 Å². The third-order valence-corrected chi connectivity index (χ3v) is 2.39. The zero-order valence-electron chi connectivity index (χ0n) is 8.74. The number of nitrogens with zero attached hydrogens (tertiary/aromatic N) is 2. The van der Waals surface area contributed by atoms with E-state index in [1.807, 2.05) is 6.20 Å². The highest BCUT2D eigenvalue weighted by Gasteiger charge is 2.30. The SMILES string of the molecule is CCOC(=O)C(C)(N)Cn1cc(I)cn1. The maximum absolute atomic E-state index is 11.5. The minimum Gasteiger partial charge on any atom is -0.465 e. The molecule has 6 heteroatoms. The number of carbonyl (C=O) groups is 1. The van der Waals surface area contributed by atoms with Crippen molar-refractivity contribution >= 4 is 28.6 Å². The van der Waals surface area contributed by atoms with E-state index in [0.717, 1.165) is 3.57 Å². The van der Waals surface area contributed by atoms with Gasteiger partial charge >= 0.3 is 5.97 Å². The summed E-state index contributed by atoms with van der Waals surface area (Å²) in [5.74, 6) is -0.407. The van der Waals surface area contributed by atoms with Crippen LogP contribution in [0.4, 0.5) is 0 Å². The Morgan fingerprint density at radius 3 is 2.93 bits per heavy atom. The molecule has 0 bridgehead atoms.